The predicted molar refractivity (Wildman–Crippen MR) is 49.9 cm³/mol. The molecule has 0 unspecified atom stereocenters. The Kier molecular flexibility index (Phi) is 5.99. The SMILES string of the molecule is C#CCCC[C@@H](O)[C@H](C)C(=O)OC. The highest BCUT2D eigenvalue weighted by Crippen LogP contribution is 2.11. The van der Waals surface area contributed by atoms with Gasteiger partial charge in [0.25, 0.3) is 0 Å². The van der Waals surface area contributed by atoms with Crippen LogP contribution in [0.3, 0.4) is 0 Å². The number of carbonyl (C=O) groups excluding carboxylic acids is 1. The molecule has 3 nitrogen and oxygen atoms in total. The minimum atomic E-state index is -0.652. The summed E-state index contributed by atoms with van der Waals surface area (Å²) in [5.74, 6) is 1.63. The zero-order valence-corrected chi connectivity index (χ0v) is 8.12. The van der Waals surface area contributed by atoms with Gasteiger partial charge in [-0.1, -0.05) is 0 Å². The topological polar surface area (TPSA) is 46.5 Å². The van der Waals surface area contributed by atoms with Crippen LogP contribution >= 0.6 is 0 Å². The van der Waals surface area contributed by atoms with Crippen LogP contribution in [0.2, 0.25) is 0 Å². The van der Waals surface area contributed by atoms with Crippen LogP contribution in [0.15, 0.2) is 0 Å². The monoisotopic (exact) mass is 184 g/mol. The lowest BCUT2D eigenvalue weighted by Crippen LogP contribution is -2.26. The summed E-state index contributed by atoms with van der Waals surface area (Å²) >= 11 is 0. The van der Waals surface area contributed by atoms with Gasteiger partial charge in [-0.25, -0.2) is 0 Å². The van der Waals surface area contributed by atoms with E-state index < -0.39 is 12.0 Å². The van der Waals surface area contributed by atoms with Gasteiger partial charge in [-0.05, 0) is 19.8 Å². The Morgan fingerprint density at radius 3 is 2.77 bits per heavy atom. The van der Waals surface area contributed by atoms with E-state index in [1.807, 2.05) is 0 Å². The van der Waals surface area contributed by atoms with Gasteiger partial charge in [0, 0.05) is 6.42 Å². The van der Waals surface area contributed by atoms with Gasteiger partial charge < -0.3 is 9.84 Å². The van der Waals surface area contributed by atoms with Crippen molar-refractivity contribution in [2.45, 2.75) is 32.3 Å². The van der Waals surface area contributed by atoms with Crippen LogP contribution in [-0.4, -0.2) is 24.3 Å². The van der Waals surface area contributed by atoms with Crippen LogP contribution in [0.25, 0.3) is 0 Å². The number of unbranched alkanes of at least 4 members (excludes halogenated alkanes) is 1. The Balaban J connectivity index is 3.76. The summed E-state index contributed by atoms with van der Waals surface area (Å²) in [5, 5.41) is 9.48. The molecule has 2 atom stereocenters. The average molecular weight is 184 g/mol. The molecule has 0 aliphatic heterocycles. The summed E-state index contributed by atoms with van der Waals surface area (Å²) in [4.78, 5) is 11.0. The second-order valence-corrected chi connectivity index (χ2v) is 2.98. The predicted octanol–water partition coefficient (Wildman–Crippen LogP) is 0.960. The van der Waals surface area contributed by atoms with Crippen molar-refractivity contribution in [2.24, 2.45) is 5.92 Å². The van der Waals surface area contributed by atoms with E-state index in [4.69, 9.17) is 6.42 Å². The average Bonchev–Trinajstić information content (AvgIpc) is 2.15. The molecule has 0 rings (SSSR count). The van der Waals surface area contributed by atoms with Gasteiger partial charge in [0.2, 0.25) is 0 Å². The fraction of sp³-hybridized carbons (Fsp3) is 0.700. The number of rotatable bonds is 5. The summed E-state index contributed by atoms with van der Waals surface area (Å²) < 4.78 is 4.50. The second kappa shape index (κ2) is 6.50. The lowest BCUT2D eigenvalue weighted by Gasteiger charge is -2.15. The van der Waals surface area contributed by atoms with E-state index in [2.05, 4.69) is 10.7 Å². The molecular formula is C10H16O3. The van der Waals surface area contributed by atoms with E-state index in [0.29, 0.717) is 12.8 Å². The van der Waals surface area contributed by atoms with Gasteiger partial charge in [0.05, 0.1) is 19.1 Å². The van der Waals surface area contributed by atoms with Crippen LogP contribution in [0.5, 0.6) is 0 Å². The first-order valence-electron chi connectivity index (χ1n) is 4.32. The molecule has 0 aromatic heterocycles. The smallest absolute Gasteiger partial charge is 0.311 e. The maximum atomic E-state index is 11.0. The zero-order chi connectivity index (χ0) is 10.3. The Morgan fingerprint density at radius 2 is 2.31 bits per heavy atom. The molecule has 0 aliphatic rings. The number of aliphatic hydroxyl groups excluding tert-OH is 1. The van der Waals surface area contributed by atoms with Gasteiger partial charge in [0.15, 0.2) is 0 Å². The minimum absolute atomic E-state index is 0.381. The van der Waals surface area contributed by atoms with Crippen molar-refractivity contribution < 1.29 is 14.6 Å². The molecule has 0 spiro atoms. The third kappa shape index (κ3) is 4.54. The molecule has 0 saturated carbocycles. The summed E-state index contributed by atoms with van der Waals surface area (Å²) in [6.07, 6.45) is 6.31. The van der Waals surface area contributed by atoms with E-state index in [1.165, 1.54) is 7.11 Å². The fourth-order valence-electron chi connectivity index (χ4n) is 1.01. The third-order valence-corrected chi connectivity index (χ3v) is 1.97. The molecule has 0 bridgehead atoms. The van der Waals surface area contributed by atoms with Crippen LogP contribution < -0.4 is 0 Å². The number of esters is 1. The largest absolute Gasteiger partial charge is 0.469 e. The van der Waals surface area contributed by atoms with Gasteiger partial charge in [0.1, 0.15) is 0 Å². The maximum Gasteiger partial charge on any atom is 0.311 e. The Hall–Kier alpha value is -1.01. The third-order valence-electron chi connectivity index (χ3n) is 1.97. The quantitative estimate of drug-likeness (QED) is 0.393. The summed E-state index contributed by atoms with van der Waals surface area (Å²) in [6.45, 7) is 1.65. The molecule has 0 saturated heterocycles. The van der Waals surface area contributed by atoms with Crippen molar-refractivity contribution in [2.75, 3.05) is 7.11 Å². The first-order chi connectivity index (χ1) is 6.13. The Morgan fingerprint density at radius 1 is 1.69 bits per heavy atom. The van der Waals surface area contributed by atoms with Crippen LogP contribution in [0.4, 0.5) is 0 Å². The summed E-state index contributed by atoms with van der Waals surface area (Å²) in [6, 6.07) is 0. The molecule has 0 aromatic rings. The molecule has 0 radical (unpaired) electrons. The van der Waals surface area contributed by atoms with E-state index in [-0.39, 0.29) is 5.97 Å². The molecule has 0 heterocycles. The van der Waals surface area contributed by atoms with Crippen LogP contribution in [-0.2, 0) is 9.53 Å². The molecule has 74 valence electrons. The van der Waals surface area contributed by atoms with Crippen molar-refractivity contribution in [1.29, 1.82) is 0 Å². The molecule has 0 amide bonds. The number of terminal acetylenes is 1. The van der Waals surface area contributed by atoms with Gasteiger partial charge in [-0.15, -0.1) is 12.3 Å². The molecule has 0 aliphatic carbocycles. The normalized spacial score (nSPS) is 14.3. The standard InChI is InChI=1S/C10H16O3/c1-4-5-6-7-9(11)8(2)10(12)13-3/h1,8-9,11H,5-7H2,2-3H3/t8-,9+/m0/s1. The maximum absolute atomic E-state index is 11.0. The lowest BCUT2D eigenvalue weighted by atomic mass is 10.00. The van der Waals surface area contributed by atoms with E-state index in [0.717, 1.165) is 6.42 Å². The van der Waals surface area contributed by atoms with E-state index >= 15 is 0 Å². The van der Waals surface area contributed by atoms with Crippen molar-refractivity contribution in [1.82, 2.24) is 0 Å². The molecule has 1 N–H and O–H groups in total. The van der Waals surface area contributed by atoms with Crippen molar-refractivity contribution in [3.05, 3.63) is 0 Å². The Bertz CT molecular complexity index is 193. The first-order valence-corrected chi connectivity index (χ1v) is 4.32. The summed E-state index contributed by atoms with van der Waals surface area (Å²) in [7, 11) is 1.31. The van der Waals surface area contributed by atoms with Crippen molar-refractivity contribution in [3.8, 4) is 12.3 Å². The highest BCUT2D eigenvalue weighted by atomic mass is 16.5. The minimum Gasteiger partial charge on any atom is -0.469 e. The Labute approximate surface area is 79.1 Å². The number of carbonyl (C=O) groups is 1. The highest BCUT2D eigenvalue weighted by Gasteiger charge is 2.21. The molecular weight excluding hydrogens is 168 g/mol. The van der Waals surface area contributed by atoms with E-state index in [9.17, 15) is 9.90 Å². The van der Waals surface area contributed by atoms with Crippen LogP contribution in [0.1, 0.15) is 26.2 Å². The molecule has 3 heteroatoms. The number of hydrogen-bond acceptors (Lipinski definition) is 3. The van der Waals surface area contributed by atoms with E-state index in [1.54, 1.807) is 6.92 Å². The summed E-state index contributed by atoms with van der Waals surface area (Å²) in [5.41, 5.74) is 0. The van der Waals surface area contributed by atoms with Gasteiger partial charge in [-0.3, -0.25) is 4.79 Å². The van der Waals surface area contributed by atoms with Crippen molar-refractivity contribution >= 4 is 5.97 Å². The molecule has 0 fully saturated rings. The number of ether oxygens (including phenoxy) is 1. The fourth-order valence-corrected chi connectivity index (χ4v) is 1.01. The number of hydrogen-bond donors (Lipinski definition) is 1. The number of methoxy groups -OCH3 is 1. The second-order valence-electron chi connectivity index (χ2n) is 2.98. The number of aliphatic hydroxyl groups is 1. The first kappa shape index (κ1) is 12.0. The molecule has 0 aromatic carbocycles. The van der Waals surface area contributed by atoms with Crippen LogP contribution in [0, 0.1) is 18.3 Å². The van der Waals surface area contributed by atoms with Gasteiger partial charge in [-0.2, -0.15) is 0 Å². The lowest BCUT2D eigenvalue weighted by molar-refractivity contribution is -0.148. The molecule has 13 heavy (non-hydrogen) atoms. The highest BCUT2D eigenvalue weighted by molar-refractivity contribution is 5.72. The van der Waals surface area contributed by atoms with Gasteiger partial charge >= 0.3 is 5.97 Å². The zero-order valence-electron chi connectivity index (χ0n) is 8.12. The van der Waals surface area contributed by atoms with Crippen molar-refractivity contribution in [3.63, 3.8) is 0 Å².